The fourth-order valence-corrected chi connectivity index (χ4v) is 6.97. The Morgan fingerprint density at radius 3 is 1.66 bits per heavy atom. The van der Waals surface area contributed by atoms with Gasteiger partial charge in [0, 0.05) is 20.9 Å². The highest BCUT2D eigenvalue weighted by Gasteiger charge is 2.28. The third-order valence-electron chi connectivity index (χ3n) is 9.51. The van der Waals surface area contributed by atoms with E-state index in [2.05, 4.69) is 30.3 Å². The number of amides is 2. The van der Waals surface area contributed by atoms with Crippen LogP contribution in [0.15, 0.2) is 133 Å². The Morgan fingerprint density at radius 1 is 0.548 bits per heavy atom. The minimum Gasteiger partial charge on any atom is -0.489 e. The normalized spacial score (nSPS) is 12.3. The highest BCUT2D eigenvalue weighted by molar-refractivity contribution is 6.76. The maximum Gasteiger partial charge on any atom is 0.408 e. The Balaban J connectivity index is 1.43. The van der Waals surface area contributed by atoms with Crippen molar-refractivity contribution in [3.8, 4) is 16.9 Å². The van der Waals surface area contributed by atoms with Crippen molar-refractivity contribution in [1.82, 2.24) is 10.6 Å². The Kier molecular flexibility index (Phi) is 16.9. The van der Waals surface area contributed by atoms with Gasteiger partial charge >= 0.3 is 24.1 Å². The number of ether oxygens (including phenoxy) is 5. The lowest BCUT2D eigenvalue weighted by Crippen LogP contribution is -2.45. The van der Waals surface area contributed by atoms with E-state index in [9.17, 15) is 19.2 Å². The van der Waals surface area contributed by atoms with Gasteiger partial charge < -0.3 is 34.3 Å². The van der Waals surface area contributed by atoms with E-state index in [-0.39, 0.29) is 39.3 Å². The van der Waals surface area contributed by atoms with E-state index >= 15 is 0 Å². The van der Waals surface area contributed by atoms with Crippen molar-refractivity contribution in [2.45, 2.75) is 96.8 Å². The molecule has 5 aromatic rings. The molecule has 2 N–H and O–H groups in total. The van der Waals surface area contributed by atoms with Gasteiger partial charge in [-0.1, -0.05) is 141 Å². The Morgan fingerprint density at radius 2 is 1.06 bits per heavy atom. The van der Waals surface area contributed by atoms with Crippen molar-refractivity contribution in [3.63, 3.8) is 0 Å². The van der Waals surface area contributed by atoms with Gasteiger partial charge in [0.15, 0.2) is 0 Å². The van der Waals surface area contributed by atoms with Crippen LogP contribution in [0.5, 0.6) is 5.75 Å². The standard InChI is InChI=1S/C50H58N2O9Si/c1-50(2,3)61-49(56)52-43(47(54)59-34-37-19-12-8-13-20-37)30-39-23-16-24-40(29-39)41-25-26-45(58-33-36-17-10-7-11-18-36)42(31-41)32-44(46(53)57-27-28-62(4,5)6)51-48(55)60-35-38-21-14-9-15-22-38/h7-26,29,31,43-44H,27-28,30,32-35H2,1-6H3,(H,51,55)(H,52,56)/t43-,44-/m0/s1. The maximum absolute atomic E-state index is 13.8. The van der Waals surface area contributed by atoms with E-state index in [0.717, 1.165) is 39.4 Å². The summed E-state index contributed by atoms with van der Waals surface area (Å²) in [5.74, 6) is -0.662. The highest BCUT2D eigenvalue weighted by Crippen LogP contribution is 2.30. The van der Waals surface area contributed by atoms with Crippen molar-refractivity contribution >= 4 is 32.2 Å². The van der Waals surface area contributed by atoms with E-state index in [0.29, 0.717) is 11.3 Å². The quantitative estimate of drug-likeness (QED) is 0.0472. The smallest absolute Gasteiger partial charge is 0.408 e. The number of benzene rings is 5. The molecule has 0 unspecified atom stereocenters. The first-order chi connectivity index (χ1) is 29.6. The van der Waals surface area contributed by atoms with Gasteiger partial charge in [-0.2, -0.15) is 0 Å². The molecule has 5 aromatic carbocycles. The molecule has 62 heavy (non-hydrogen) atoms. The van der Waals surface area contributed by atoms with Gasteiger partial charge in [0.2, 0.25) is 0 Å². The minimum atomic E-state index is -1.53. The molecule has 326 valence electrons. The van der Waals surface area contributed by atoms with Crippen molar-refractivity contribution in [1.29, 1.82) is 0 Å². The fraction of sp³-hybridized carbons (Fsp3) is 0.320. The fourth-order valence-electron chi connectivity index (χ4n) is 6.26. The van der Waals surface area contributed by atoms with Gasteiger partial charge in [-0.15, -0.1) is 0 Å². The summed E-state index contributed by atoms with van der Waals surface area (Å²) in [5.41, 5.74) is 4.78. The topological polar surface area (TPSA) is 138 Å². The second kappa shape index (κ2) is 22.4. The van der Waals surface area contributed by atoms with E-state index in [1.165, 1.54) is 0 Å². The third-order valence-corrected chi connectivity index (χ3v) is 11.2. The molecule has 2 amide bonds. The summed E-state index contributed by atoms with van der Waals surface area (Å²) < 4.78 is 28.8. The van der Waals surface area contributed by atoms with Gasteiger partial charge in [0.05, 0.1) is 6.61 Å². The van der Waals surface area contributed by atoms with Gasteiger partial charge in [-0.25, -0.2) is 19.2 Å². The van der Waals surface area contributed by atoms with Crippen LogP contribution >= 0.6 is 0 Å². The molecular weight excluding hydrogens is 801 g/mol. The van der Waals surface area contributed by atoms with Crippen LogP contribution in [0.3, 0.4) is 0 Å². The van der Waals surface area contributed by atoms with Gasteiger partial charge in [-0.05, 0) is 77.9 Å². The zero-order valence-corrected chi connectivity index (χ0v) is 37.5. The largest absolute Gasteiger partial charge is 0.489 e. The lowest BCUT2D eigenvalue weighted by Gasteiger charge is -2.23. The summed E-state index contributed by atoms with van der Waals surface area (Å²) in [6.45, 7) is 12.4. The van der Waals surface area contributed by atoms with E-state index in [1.54, 1.807) is 20.8 Å². The zero-order valence-electron chi connectivity index (χ0n) is 36.5. The molecule has 0 aliphatic heterocycles. The second-order valence-electron chi connectivity index (χ2n) is 17.2. The molecule has 12 heteroatoms. The molecule has 0 bridgehead atoms. The summed E-state index contributed by atoms with van der Waals surface area (Å²) >= 11 is 0. The molecule has 0 aliphatic rings. The molecule has 11 nitrogen and oxygen atoms in total. The van der Waals surface area contributed by atoms with Crippen LogP contribution in [0.25, 0.3) is 11.1 Å². The predicted octanol–water partition coefficient (Wildman–Crippen LogP) is 9.83. The van der Waals surface area contributed by atoms with Gasteiger partial charge in [0.1, 0.15) is 43.3 Å². The van der Waals surface area contributed by atoms with Crippen LogP contribution in [-0.4, -0.2) is 56.5 Å². The first-order valence-corrected chi connectivity index (χ1v) is 24.5. The van der Waals surface area contributed by atoms with E-state index in [1.807, 2.05) is 133 Å². The summed E-state index contributed by atoms with van der Waals surface area (Å²) in [7, 11) is -1.53. The third kappa shape index (κ3) is 16.2. The zero-order chi connectivity index (χ0) is 44.5. The molecule has 2 atom stereocenters. The molecule has 0 aromatic heterocycles. The molecule has 0 radical (unpaired) electrons. The van der Waals surface area contributed by atoms with Crippen LogP contribution in [0.2, 0.25) is 25.7 Å². The number of carbonyl (C=O) groups is 4. The lowest BCUT2D eigenvalue weighted by molar-refractivity contribution is -0.147. The number of carbonyl (C=O) groups excluding carboxylic acids is 4. The van der Waals surface area contributed by atoms with Gasteiger partial charge in [-0.3, -0.25) is 0 Å². The van der Waals surface area contributed by atoms with Crippen LogP contribution in [0.1, 0.15) is 48.6 Å². The first-order valence-electron chi connectivity index (χ1n) is 20.8. The summed E-state index contributed by atoms with van der Waals surface area (Å²) in [6.07, 6.45) is -1.34. The molecule has 0 saturated heterocycles. The van der Waals surface area contributed by atoms with Crippen molar-refractivity contribution < 1.29 is 42.9 Å². The summed E-state index contributed by atoms with van der Waals surface area (Å²) in [6, 6.07) is 40.2. The summed E-state index contributed by atoms with van der Waals surface area (Å²) in [5, 5.41) is 5.48. The summed E-state index contributed by atoms with van der Waals surface area (Å²) in [4.78, 5) is 53.4. The van der Waals surface area contributed by atoms with Crippen molar-refractivity contribution in [3.05, 3.63) is 161 Å². The molecule has 0 heterocycles. The molecule has 0 spiro atoms. The number of hydrogen-bond acceptors (Lipinski definition) is 9. The average molecular weight is 859 g/mol. The predicted molar refractivity (Wildman–Crippen MR) is 242 cm³/mol. The number of nitrogens with one attached hydrogen (secondary N) is 2. The number of hydrogen-bond donors (Lipinski definition) is 2. The van der Waals surface area contributed by atoms with Crippen LogP contribution in [0, 0.1) is 0 Å². The molecule has 0 fully saturated rings. The van der Waals surface area contributed by atoms with Gasteiger partial charge in [0.25, 0.3) is 0 Å². The monoisotopic (exact) mass is 858 g/mol. The van der Waals surface area contributed by atoms with E-state index in [4.69, 9.17) is 23.7 Å². The Labute approximate surface area is 366 Å². The Bertz CT molecular complexity index is 2220. The maximum atomic E-state index is 13.8. The number of rotatable bonds is 19. The van der Waals surface area contributed by atoms with Crippen molar-refractivity contribution in [2.75, 3.05) is 6.61 Å². The van der Waals surface area contributed by atoms with Crippen LogP contribution < -0.4 is 15.4 Å². The Hall–Kier alpha value is -6.40. The SMILES string of the molecule is CC(C)(C)OC(=O)N[C@@H](Cc1cccc(-c2ccc(OCc3ccccc3)c(C[C@H](NC(=O)OCc3ccccc3)C(=O)OCC[Si](C)(C)C)c2)c1)C(=O)OCc1ccccc1. The average Bonchev–Trinajstić information content (AvgIpc) is 3.24. The molecular formula is C50H58N2O9Si. The van der Waals surface area contributed by atoms with Crippen molar-refractivity contribution in [2.24, 2.45) is 0 Å². The number of alkyl carbamates (subject to hydrolysis) is 2. The van der Waals surface area contributed by atoms with Crippen LogP contribution in [0.4, 0.5) is 9.59 Å². The highest BCUT2D eigenvalue weighted by atomic mass is 28.3. The number of esters is 2. The molecule has 0 aliphatic carbocycles. The lowest BCUT2D eigenvalue weighted by atomic mass is 9.96. The molecule has 5 rings (SSSR count). The molecule has 0 saturated carbocycles. The first kappa shape index (κ1) is 46.7. The minimum absolute atomic E-state index is 0.0280. The van der Waals surface area contributed by atoms with Crippen LogP contribution in [-0.2, 0) is 61.2 Å². The second-order valence-corrected chi connectivity index (χ2v) is 22.9. The van der Waals surface area contributed by atoms with E-state index < -0.39 is 49.9 Å².